The fourth-order valence-corrected chi connectivity index (χ4v) is 1.10. The van der Waals surface area contributed by atoms with Crippen LogP contribution in [0, 0.1) is 6.92 Å². The van der Waals surface area contributed by atoms with Crippen LogP contribution in [0.2, 0.25) is 0 Å². The Labute approximate surface area is 85.2 Å². The number of aromatic nitrogens is 1. The Kier molecular flexibility index (Phi) is 3.11. The molecule has 0 saturated carbocycles. The molecule has 1 heterocycles. The molecule has 1 unspecified atom stereocenters. The van der Waals surface area contributed by atoms with Gasteiger partial charge < -0.3 is 10.4 Å². The molecule has 1 aromatic heterocycles. The highest BCUT2D eigenvalue weighted by Crippen LogP contribution is 2.18. The molecule has 0 radical (unpaired) electrons. The van der Waals surface area contributed by atoms with E-state index in [4.69, 9.17) is 0 Å². The molecule has 3 nitrogen and oxygen atoms in total. The van der Waals surface area contributed by atoms with Gasteiger partial charge in [0.2, 0.25) is 0 Å². The maximum Gasteiger partial charge on any atom is 0.0736 e. The molecule has 0 fully saturated rings. The zero-order valence-electron chi connectivity index (χ0n) is 9.20. The molecule has 2 N–H and O–H groups in total. The van der Waals surface area contributed by atoms with E-state index >= 15 is 0 Å². The van der Waals surface area contributed by atoms with Crippen LogP contribution in [0.25, 0.3) is 0 Å². The molecule has 1 aromatic rings. The van der Waals surface area contributed by atoms with E-state index in [-0.39, 0.29) is 5.54 Å². The summed E-state index contributed by atoms with van der Waals surface area (Å²) in [4.78, 5) is 4.11. The Morgan fingerprint density at radius 1 is 1.50 bits per heavy atom. The van der Waals surface area contributed by atoms with Crippen LogP contribution in [0.1, 0.15) is 26.5 Å². The zero-order chi connectivity index (χ0) is 10.8. The highest BCUT2D eigenvalue weighted by atomic mass is 16.3. The van der Waals surface area contributed by atoms with Crippen molar-refractivity contribution in [2.45, 2.75) is 39.3 Å². The number of anilines is 1. The van der Waals surface area contributed by atoms with Crippen LogP contribution in [0.3, 0.4) is 0 Å². The van der Waals surface area contributed by atoms with E-state index in [9.17, 15) is 5.11 Å². The fraction of sp³-hybridized carbons (Fsp3) is 0.545. The molecule has 0 bridgehead atoms. The van der Waals surface area contributed by atoms with E-state index in [1.54, 1.807) is 13.1 Å². The summed E-state index contributed by atoms with van der Waals surface area (Å²) in [6, 6.07) is 3.86. The van der Waals surface area contributed by atoms with Crippen molar-refractivity contribution in [3.8, 4) is 0 Å². The minimum absolute atomic E-state index is 0.326. The van der Waals surface area contributed by atoms with Gasteiger partial charge in [-0.2, -0.15) is 0 Å². The molecule has 0 amide bonds. The van der Waals surface area contributed by atoms with Gasteiger partial charge >= 0.3 is 0 Å². The number of aryl methyl sites for hydroxylation is 1. The predicted molar refractivity (Wildman–Crippen MR) is 58.4 cm³/mol. The Morgan fingerprint density at radius 2 is 2.14 bits per heavy atom. The summed E-state index contributed by atoms with van der Waals surface area (Å²) < 4.78 is 0. The lowest BCUT2D eigenvalue weighted by Crippen LogP contribution is -2.41. The first kappa shape index (κ1) is 11.0. The van der Waals surface area contributed by atoms with Crippen LogP contribution in [0.5, 0.6) is 0 Å². The monoisotopic (exact) mass is 194 g/mol. The van der Waals surface area contributed by atoms with Crippen LogP contribution in [0.4, 0.5) is 5.69 Å². The summed E-state index contributed by atoms with van der Waals surface area (Å²) in [5, 5.41) is 12.8. The molecule has 0 aliphatic heterocycles. The van der Waals surface area contributed by atoms with Crippen molar-refractivity contribution < 1.29 is 5.11 Å². The van der Waals surface area contributed by atoms with Gasteiger partial charge in [0.1, 0.15) is 0 Å². The smallest absolute Gasteiger partial charge is 0.0736 e. The molecule has 0 aliphatic rings. The van der Waals surface area contributed by atoms with Gasteiger partial charge in [-0.15, -0.1) is 0 Å². The number of rotatable bonds is 3. The number of nitrogens with zero attached hydrogens (tertiary/aromatic N) is 1. The van der Waals surface area contributed by atoms with Crippen molar-refractivity contribution in [2.24, 2.45) is 0 Å². The van der Waals surface area contributed by atoms with Crippen molar-refractivity contribution >= 4 is 5.69 Å². The van der Waals surface area contributed by atoms with Crippen LogP contribution in [0.15, 0.2) is 18.3 Å². The highest BCUT2D eigenvalue weighted by molar-refractivity contribution is 5.45. The third-order valence-electron chi connectivity index (χ3n) is 2.41. The second-order valence-electron chi connectivity index (χ2n) is 4.21. The topological polar surface area (TPSA) is 45.1 Å². The first-order valence-electron chi connectivity index (χ1n) is 4.81. The summed E-state index contributed by atoms with van der Waals surface area (Å²) in [5.41, 5.74) is 1.63. The Hall–Kier alpha value is -1.09. The summed E-state index contributed by atoms with van der Waals surface area (Å²) in [6.45, 7) is 7.66. The van der Waals surface area contributed by atoms with Gasteiger partial charge in [-0.25, -0.2) is 0 Å². The van der Waals surface area contributed by atoms with E-state index in [0.717, 1.165) is 11.4 Å². The Morgan fingerprint density at radius 3 is 2.64 bits per heavy atom. The molecular weight excluding hydrogens is 176 g/mol. The van der Waals surface area contributed by atoms with Crippen LogP contribution >= 0.6 is 0 Å². The standard InChI is InChI=1S/C11H18N2O/c1-8-7-10(5-6-12-8)13-11(3,4)9(2)14/h5-7,9,14H,1-4H3,(H,12,13). The SMILES string of the molecule is Cc1cc(NC(C)(C)C(C)O)ccn1. The van der Waals surface area contributed by atoms with Crippen molar-refractivity contribution in [1.29, 1.82) is 0 Å². The Balaban J connectivity index is 2.78. The summed E-state index contributed by atoms with van der Waals surface area (Å²) in [7, 11) is 0. The number of hydrogen-bond donors (Lipinski definition) is 2. The quantitative estimate of drug-likeness (QED) is 0.773. The third kappa shape index (κ3) is 2.70. The minimum Gasteiger partial charge on any atom is -0.391 e. The zero-order valence-corrected chi connectivity index (χ0v) is 9.20. The molecule has 0 aromatic carbocycles. The molecule has 78 valence electrons. The fourth-order valence-electron chi connectivity index (χ4n) is 1.10. The molecule has 0 spiro atoms. The minimum atomic E-state index is -0.407. The van der Waals surface area contributed by atoms with Gasteiger partial charge in [0, 0.05) is 17.6 Å². The number of aliphatic hydroxyl groups excluding tert-OH is 1. The number of aliphatic hydroxyl groups is 1. The molecular formula is C11H18N2O. The Bertz CT molecular complexity index is 308. The average Bonchev–Trinajstić information content (AvgIpc) is 2.02. The lowest BCUT2D eigenvalue weighted by atomic mass is 9.98. The van der Waals surface area contributed by atoms with Crippen LogP contribution in [-0.4, -0.2) is 21.7 Å². The van der Waals surface area contributed by atoms with Crippen LogP contribution in [-0.2, 0) is 0 Å². The normalized spacial score (nSPS) is 13.8. The van der Waals surface area contributed by atoms with Gasteiger partial charge in [-0.1, -0.05) is 0 Å². The van der Waals surface area contributed by atoms with Crippen molar-refractivity contribution in [3.05, 3.63) is 24.0 Å². The summed E-state index contributed by atoms with van der Waals surface area (Å²) in [6.07, 6.45) is 1.35. The van der Waals surface area contributed by atoms with Gasteiger partial charge in [-0.05, 0) is 39.8 Å². The number of hydrogen-bond acceptors (Lipinski definition) is 3. The maximum absolute atomic E-state index is 9.53. The largest absolute Gasteiger partial charge is 0.391 e. The highest BCUT2D eigenvalue weighted by Gasteiger charge is 2.23. The first-order valence-corrected chi connectivity index (χ1v) is 4.81. The molecule has 1 rings (SSSR count). The van der Waals surface area contributed by atoms with Gasteiger partial charge in [0.25, 0.3) is 0 Å². The summed E-state index contributed by atoms with van der Waals surface area (Å²) >= 11 is 0. The van der Waals surface area contributed by atoms with Crippen LogP contribution < -0.4 is 5.32 Å². The molecule has 14 heavy (non-hydrogen) atoms. The number of pyridine rings is 1. The predicted octanol–water partition coefficient (Wildman–Crippen LogP) is 1.96. The van der Waals surface area contributed by atoms with Gasteiger partial charge in [-0.3, -0.25) is 4.98 Å². The van der Waals surface area contributed by atoms with E-state index in [2.05, 4.69) is 10.3 Å². The third-order valence-corrected chi connectivity index (χ3v) is 2.41. The lowest BCUT2D eigenvalue weighted by Gasteiger charge is -2.30. The molecule has 3 heteroatoms. The van der Waals surface area contributed by atoms with Crippen molar-refractivity contribution in [1.82, 2.24) is 4.98 Å². The maximum atomic E-state index is 9.53. The summed E-state index contributed by atoms with van der Waals surface area (Å²) in [5.74, 6) is 0. The van der Waals surface area contributed by atoms with Gasteiger partial charge in [0.15, 0.2) is 0 Å². The van der Waals surface area contributed by atoms with Gasteiger partial charge in [0.05, 0.1) is 11.6 Å². The lowest BCUT2D eigenvalue weighted by molar-refractivity contribution is 0.133. The first-order chi connectivity index (χ1) is 6.42. The van der Waals surface area contributed by atoms with E-state index in [1.165, 1.54) is 0 Å². The molecule has 0 saturated heterocycles. The molecule has 1 atom stereocenters. The van der Waals surface area contributed by atoms with Crippen molar-refractivity contribution in [2.75, 3.05) is 5.32 Å². The van der Waals surface area contributed by atoms with E-state index < -0.39 is 6.10 Å². The second-order valence-corrected chi connectivity index (χ2v) is 4.21. The molecule has 0 aliphatic carbocycles. The van der Waals surface area contributed by atoms with E-state index in [0.29, 0.717) is 0 Å². The average molecular weight is 194 g/mol. The van der Waals surface area contributed by atoms with E-state index in [1.807, 2.05) is 32.9 Å². The second kappa shape index (κ2) is 3.96. The number of nitrogens with one attached hydrogen (secondary N) is 1. The van der Waals surface area contributed by atoms with Crippen molar-refractivity contribution in [3.63, 3.8) is 0 Å².